The zero-order valence-corrected chi connectivity index (χ0v) is 18.8. The summed E-state index contributed by atoms with van der Waals surface area (Å²) in [5.74, 6) is -0.0502. The first-order chi connectivity index (χ1) is 16.4. The van der Waals surface area contributed by atoms with E-state index in [1.807, 2.05) is 24.0 Å². The second-order valence-electron chi connectivity index (χ2n) is 9.27. The summed E-state index contributed by atoms with van der Waals surface area (Å²) >= 11 is 0. The van der Waals surface area contributed by atoms with Crippen LogP contribution in [-0.4, -0.2) is 29.1 Å². The number of hydrogen-bond acceptors (Lipinski definition) is 3. The number of benzene rings is 3. The molecule has 3 heterocycles. The third-order valence-corrected chi connectivity index (χ3v) is 7.02. The van der Waals surface area contributed by atoms with Crippen LogP contribution in [0.4, 0.5) is 14.9 Å². The van der Waals surface area contributed by atoms with E-state index >= 15 is 0 Å². The normalized spacial score (nSPS) is 22.9. The topological polar surface area (TPSA) is 61.9 Å². The van der Waals surface area contributed by atoms with Crippen LogP contribution in [-0.2, 0) is 13.0 Å². The molecule has 3 aliphatic rings. The van der Waals surface area contributed by atoms with Gasteiger partial charge in [-0.2, -0.15) is 0 Å². The van der Waals surface area contributed by atoms with E-state index in [4.69, 9.17) is 4.74 Å². The monoisotopic (exact) mass is 457 g/mol. The minimum Gasteiger partial charge on any atom is -0.467 e. The van der Waals surface area contributed by atoms with Crippen molar-refractivity contribution in [3.05, 3.63) is 94.8 Å². The van der Waals surface area contributed by atoms with Crippen LogP contribution in [0, 0.1) is 5.82 Å². The Labute approximate surface area is 196 Å². The van der Waals surface area contributed by atoms with Gasteiger partial charge in [0.1, 0.15) is 11.6 Å². The van der Waals surface area contributed by atoms with Gasteiger partial charge < -0.3 is 15.0 Å². The van der Waals surface area contributed by atoms with E-state index in [9.17, 15) is 14.0 Å². The van der Waals surface area contributed by atoms with Crippen molar-refractivity contribution in [3.8, 4) is 5.75 Å². The Bertz CT molecular complexity index is 1330. The molecule has 0 saturated carbocycles. The van der Waals surface area contributed by atoms with Gasteiger partial charge in [0.15, 0.2) is 5.72 Å². The summed E-state index contributed by atoms with van der Waals surface area (Å²) in [4.78, 5) is 29.9. The van der Waals surface area contributed by atoms with Crippen molar-refractivity contribution in [2.45, 2.75) is 38.1 Å². The lowest BCUT2D eigenvalue weighted by molar-refractivity contribution is 0.0362. The molecule has 3 aromatic rings. The number of urea groups is 1. The van der Waals surface area contributed by atoms with Crippen LogP contribution in [0.3, 0.4) is 0 Å². The van der Waals surface area contributed by atoms with Crippen LogP contribution < -0.4 is 15.0 Å². The average Bonchev–Trinajstić information content (AvgIpc) is 2.82. The fraction of sp³-hybridized carbons (Fsp3) is 0.259. The molecule has 1 saturated heterocycles. The maximum atomic E-state index is 14.5. The van der Waals surface area contributed by atoms with E-state index in [1.54, 1.807) is 36.4 Å². The highest BCUT2D eigenvalue weighted by molar-refractivity contribution is 5.99. The summed E-state index contributed by atoms with van der Waals surface area (Å²) in [6, 6.07) is 19.1. The molecule has 6 nitrogen and oxygen atoms in total. The molecule has 1 fully saturated rings. The Balaban J connectivity index is 1.31. The van der Waals surface area contributed by atoms with Crippen LogP contribution in [0.1, 0.15) is 46.4 Å². The summed E-state index contributed by atoms with van der Waals surface area (Å²) in [6.07, 6.45) is 1.20. The third-order valence-electron chi connectivity index (χ3n) is 7.02. The van der Waals surface area contributed by atoms with Crippen LogP contribution >= 0.6 is 0 Å². The van der Waals surface area contributed by atoms with Gasteiger partial charge in [0.25, 0.3) is 5.91 Å². The van der Waals surface area contributed by atoms with E-state index in [1.165, 1.54) is 16.5 Å². The number of halogens is 1. The van der Waals surface area contributed by atoms with Gasteiger partial charge in [0.05, 0.1) is 17.3 Å². The number of anilines is 1. The molecular weight excluding hydrogens is 433 g/mol. The fourth-order valence-electron chi connectivity index (χ4n) is 5.41. The lowest BCUT2D eigenvalue weighted by Crippen LogP contribution is -2.65. The quantitative estimate of drug-likeness (QED) is 0.602. The summed E-state index contributed by atoms with van der Waals surface area (Å²) in [5, 5.41) is 2.91. The largest absolute Gasteiger partial charge is 0.467 e. The number of rotatable bonds is 2. The standard InChI is InChI=1S/C27H24FN3O3/c1-27-15-22(24-21(28)10-5-11-23(24)34-27)29-26(33)31(27)20-9-4-8-18(14-20)25(32)30-13-12-17-6-2-3-7-19(17)16-30/h2-11,14,22H,12-13,15-16H2,1H3,(H,29,33). The molecular formula is C27H24FN3O3. The maximum Gasteiger partial charge on any atom is 0.325 e. The molecule has 3 aromatic carbocycles. The van der Waals surface area contributed by atoms with Gasteiger partial charge in [-0.05, 0) is 54.8 Å². The lowest BCUT2D eigenvalue weighted by atomic mass is 9.89. The van der Waals surface area contributed by atoms with Gasteiger partial charge >= 0.3 is 6.03 Å². The summed E-state index contributed by atoms with van der Waals surface area (Å²) in [6.45, 7) is 3.03. The molecule has 0 aliphatic carbocycles. The second kappa shape index (κ2) is 7.58. The number of carbonyl (C=O) groups is 2. The zero-order chi connectivity index (χ0) is 23.4. The van der Waals surface area contributed by atoms with Crippen LogP contribution in [0.5, 0.6) is 5.75 Å². The lowest BCUT2D eigenvalue weighted by Gasteiger charge is -2.50. The number of amides is 3. The maximum absolute atomic E-state index is 14.5. The highest BCUT2D eigenvalue weighted by Gasteiger charge is 2.50. The smallest absolute Gasteiger partial charge is 0.325 e. The van der Waals surface area contributed by atoms with Gasteiger partial charge in [0, 0.05) is 25.1 Å². The molecule has 2 atom stereocenters. The minimum absolute atomic E-state index is 0.0752. The number of nitrogens with zero attached hydrogens (tertiary/aromatic N) is 2. The second-order valence-corrected chi connectivity index (χ2v) is 9.27. The Kier molecular flexibility index (Phi) is 4.62. The Morgan fingerprint density at radius 3 is 2.74 bits per heavy atom. The van der Waals surface area contributed by atoms with Crippen molar-refractivity contribution in [1.29, 1.82) is 0 Å². The molecule has 7 heteroatoms. The van der Waals surface area contributed by atoms with Crippen molar-refractivity contribution in [2.24, 2.45) is 0 Å². The molecule has 6 rings (SSSR count). The Hall–Kier alpha value is -3.87. The van der Waals surface area contributed by atoms with E-state index in [-0.39, 0.29) is 11.9 Å². The summed E-state index contributed by atoms with van der Waals surface area (Å²) < 4.78 is 20.6. The average molecular weight is 458 g/mol. The molecule has 0 radical (unpaired) electrons. The number of fused-ring (bicyclic) bond motifs is 5. The predicted octanol–water partition coefficient (Wildman–Crippen LogP) is 4.79. The van der Waals surface area contributed by atoms with Crippen molar-refractivity contribution >= 4 is 17.6 Å². The van der Waals surface area contributed by atoms with Crippen molar-refractivity contribution < 1.29 is 18.7 Å². The Morgan fingerprint density at radius 1 is 1.09 bits per heavy atom. The van der Waals surface area contributed by atoms with E-state index in [0.717, 1.165) is 12.0 Å². The van der Waals surface area contributed by atoms with Crippen LogP contribution in [0.25, 0.3) is 0 Å². The molecule has 3 amide bonds. The summed E-state index contributed by atoms with van der Waals surface area (Å²) in [5.41, 5.74) is 2.87. The number of nitrogens with one attached hydrogen (secondary N) is 1. The minimum atomic E-state index is -1.01. The SMILES string of the molecule is CC12CC(NC(=O)N1c1cccc(C(=O)N3CCc4ccccc4C3)c1)c1c(F)cccc1O2. The van der Waals surface area contributed by atoms with Gasteiger partial charge in [-0.3, -0.25) is 9.69 Å². The van der Waals surface area contributed by atoms with E-state index < -0.39 is 17.6 Å². The zero-order valence-electron chi connectivity index (χ0n) is 18.8. The van der Waals surface area contributed by atoms with Gasteiger partial charge in [-0.1, -0.05) is 36.4 Å². The third kappa shape index (κ3) is 3.22. The predicted molar refractivity (Wildman–Crippen MR) is 125 cm³/mol. The molecule has 1 N–H and O–H groups in total. The van der Waals surface area contributed by atoms with E-state index in [0.29, 0.717) is 42.1 Å². The number of ether oxygens (including phenoxy) is 1. The first-order valence-electron chi connectivity index (χ1n) is 11.5. The highest BCUT2D eigenvalue weighted by atomic mass is 19.1. The van der Waals surface area contributed by atoms with Gasteiger partial charge in [0.2, 0.25) is 0 Å². The van der Waals surface area contributed by atoms with Crippen molar-refractivity contribution in [2.75, 3.05) is 11.4 Å². The van der Waals surface area contributed by atoms with E-state index in [2.05, 4.69) is 17.4 Å². The summed E-state index contributed by atoms with van der Waals surface area (Å²) in [7, 11) is 0. The van der Waals surface area contributed by atoms with Crippen LogP contribution in [0.2, 0.25) is 0 Å². The Morgan fingerprint density at radius 2 is 1.88 bits per heavy atom. The van der Waals surface area contributed by atoms with Gasteiger partial charge in [-0.15, -0.1) is 0 Å². The molecule has 3 aliphatic heterocycles. The first kappa shape index (κ1) is 20.7. The van der Waals surface area contributed by atoms with Crippen molar-refractivity contribution in [1.82, 2.24) is 10.2 Å². The number of hydrogen-bond donors (Lipinski definition) is 1. The first-order valence-corrected chi connectivity index (χ1v) is 11.5. The number of carbonyl (C=O) groups excluding carboxylic acids is 2. The highest BCUT2D eigenvalue weighted by Crippen LogP contribution is 2.46. The molecule has 34 heavy (non-hydrogen) atoms. The molecule has 2 unspecified atom stereocenters. The van der Waals surface area contributed by atoms with Crippen molar-refractivity contribution in [3.63, 3.8) is 0 Å². The molecule has 0 spiro atoms. The fourth-order valence-corrected chi connectivity index (χ4v) is 5.41. The van der Waals surface area contributed by atoms with Gasteiger partial charge in [-0.25, -0.2) is 9.18 Å². The molecule has 2 bridgehead atoms. The van der Waals surface area contributed by atoms with Crippen LogP contribution in [0.15, 0.2) is 66.7 Å². The molecule has 0 aromatic heterocycles. The molecule has 172 valence electrons.